The zero-order chi connectivity index (χ0) is 54.6. The number of esters is 1. The summed E-state index contributed by atoms with van der Waals surface area (Å²) in [5.41, 5.74) is -2.66. The van der Waals surface area contributed by atoms with Gasteiger partial charge in [-0.3, -0.25) is 28.7 Å². The Bertz CT molecular complexity index is 3120. The number of sulfonamides is 1. The molecule has 2 aliphatic carbocycles. The average Bonchev–Trinajstić information content (AvgIpc) is 4.24. The van der Waals surface area contributed by atoms with Crippen molar-refractivity contribution in [2.24, 2.45) is 11.8 Å². The fourth-order valence-electron chi connectivity index (χ4n) is 10.4. The molecule has 2 saturated carbocycles. The van der Waals surface area contributed by atoms with E-state index < -0.39 is 96.1 Å². The number of pyridine rings is 2. The van der Waals surface area contributed by atoms with Gasteiger partial charge in [0.15, 0.2) is 17.2 Å². The van der Waals surface area contributed by atoms with Crippen LogP contribution in [0.4, 0.5) is 13.2 Å². The van der Waals surface area contributed by atoms with Crippen molar-refractivity contribution in [3.63, 3.8) is 0 Å². The first kappa shape index (κ1) is 54.7. The highest BCUT2D eigenvalue weighted by molar-refractivity contribution is 7.91. The number of hydrogen-bond donors (Lipinski definition) is 3. The van der Waals surface area contributed by atoms with E-state index in [0.29, 0.717) is 61.5 Å². The van der Waals surface area contributed by atoms with Crippen LogP contribution in [0.3, 0.4) is 0 Å². The standard InChI is InChI=1S/C41H54N4O9S.C13H10F3NO3/c1-25-34-29(30-21-28(52-6)14-15-31(30)42-25)16-17-40(54-34)23-32-35(47)43-41(37(49)44-55(50,51)39(5)18-19-39)22-27(41)13-11-9-7-8-10-12-26(36(48)45(32)24-40)20-33(46)53-38(2,3)4;1-6(18)10-8-5-7(20-2)3-4-9(8)17-12(11(10)19)13(14,15)16/h11,13-15,21,26-27,32H,7-10,12,16-20,22-24H2,1-6H3,(H,43,47)(H,44,49);3-5,19H,1-2H3/b13-11-;/t26-,27-,32+,40-,41-;/m1./s1. The summed E-state index contributed by atoms with van der Waals surface area (Å²) in [5, 5.41) is 13.7. The molecule has 75 heavy (non-hydrogen) atoms. The molecular weight excluding hydrogens is 1000 g/mol. The molecule has 3 fully saturated rings. The van der Waals surface area contributed by atoms with Crippen LogP contribution < -0.4 is 24.2 Å². The predicted octanol–water partition coefficient (Wildman–Crippen LogP) is 8.13. The van der Waals surface area contributed by atoms with Crippen LogP contribution in [0.15, 0.2) is 48.6 Å². The minimum Gasteiger partial charge on any atom is -0.505 e. The first-order valence-electron chi connectivity index (χ1n) is 25.2. The molecule has 9 rings (SSSR count). The van der Waals surface area contributed by atoms with Crippen molar-refractivity contribution in [3.05, 3.63) is 71.1 Å². The lowest BCUT2D eigenvalue weighted by Crippen LogP contribution is -2.57. The molecule has 1 saturated heterocycles. The largest absolute Gasteiger partial charge is 0.505 e. The Labute approximate surface area is 433 Å². The Morgan fingerprint density at radius 1 is 0.947 bits per heavy atom. The van der Waals surface area contributed by atoms with Gasteiger partial charge < -0.3 is 34.3 Å². The van der Waals surface area contributed by atoms with Crippen molar-refractivity contribution in [2.75, 3.05) is 20.8 Å². The number of Topliss-reactive ketones (excluding diaryl/α,β-unsaturated/α-hetero) is 1. The van der Waals surface area contributed by atoms with E-state index >= 15 is 0 Å². The Morgan fingerprint density at radius 2 is 1.60 bits per heavy atom. The van der Waals surface area contributed by atoms with Crippen LogP contribution in [0.5, 0.6) is 23.0 Å². The molecule has 3 N–H and O–H groups in total. The van der Waals surface area contributed by atoms with Gasteiger partial charge in [0.1, 0.15) is 40.0 Å². The number of ketones is 1. The fraction of sp³-hybridized carbons (Fsp3) is 0.537. The highest BCUT2D eigenvalue weighted by atomic mass is 32.2. The second-order valence-corrected chi connectivity index (χ2v) is 23.9. The Kier molecular flexibility index (Phi) is 14.8. The monoisotopic (exact) mass is 1060 g/mol. The third kappa shape index (κ3) is 11.2. The van der Waals surface area contributed by atoms with E-state index in [2.05, 4.69) is 15.0 Å². The number of allylic oxidation sites excluding steroid dienone is 1. The summed E-state index contributed by atoms with van der Waals surface area (Å²) in [6.45, 7) is 9.99. The molecule has 404 valence electrons. The van der Waals surface area contributed by atoms with Crippen LogP contribution >= 0.6 is 0 Å². The molecular formula is C54H64F3N5O12S. The normalized spacial score (nSPS) is 24.9. The molecule has 5 atom stereocenters. The molecule has 2 aromatic heterocycles. The maximum Gasteiger partial charge on any atom is 0.437 e. The Balaban J connectivity index is 0.000000313. The van der Waals surface area contributed by atoms with Crippen LogP contribution in [-0.2, 0) is 46.5 Å². The van der Waals surface area contributed by atoms with Crippen LogP contribution in [0.2, 0.25) is 0 Å². The lowest BCUT2D eigenvalue weighted by Gasteiger charge is -2.36. The van der Waals surface area contributed by atoms with Gasteiger partial charge >= 0.3 is 12.1 Å². The second kappa shape index (κ2) is 20.2. The number of halogens is 3. The van der Waals surface area contributed by atoms with Crippen LogP contribution in [0, 0.1) is 18.8 Å². The van der Waals surface area contributed by atoms with E-state index in [9.17, 15) is 50.7 Å². The number of rotatable bonds is 8. The first-order valence-corrected chi connectivity index (χ1v) is 26.6. The number of methoxy groups -OCH3 is 2. The topological polar surface area (TPSA) is 230 Å². The lowest BCUT2D eigenvalue weighted by atomic mass is 9.87. The number of benzene rings is 2. The van der Waals surface area contributed by atoms with Crippen molar-refractivity contribution in [1.29, 1.82) is 0 Å². The molecule has 0 radical (unpaired) electrons. The lowest BCUT2D eigenvalue weighted by molar-refractivity contribution is -0.159. The number of aryl methyl sites for hydroxylation is 2. The zero-order valence-corrected chi connectivity index (χ0v) is 44.2. The van der Waals surface area contributed by atoms with E-state index in [4.69, 9.17) is 23.9 Å². The van der Waals surface area contributed by atoms with Gasteiger partial charge in [0, 0.05) is 34.6 Å². The quantitative estimate of drug-likeness (QED) is 0.0860. The third-order valence-electron chi connectivity index (χ3n) is 14.9. The number of amides is 3. The zero-order valence-electron chi connectivity index (χ0n) is 43.4. The van der Waals surface area contributed by atoms with Crippen LogP contribution in [0.1, 0.15) is 133 Å². The minimum absolute atomic E-state index is 0.0406. The number of alkyl halides is 3. The molecule has 1 spiro atoms. The summed E-state index contributed by atoms with van der Waals surface area (Å²) in [7, 11) is -0.990. The molecule has 4 aromatic rings. The van der Waals surface area contributed by atoms with Crippen molar-refractivity contribution in [2.45, 2.75) is 152 Å². The van der Waals surface area contributed by atoms with E-state index in [1.165, 1.54) is 30.2 Å². The van der Waals surface area contributed by atoms with Crippen molar-refractivity contribution >= 4 is 61.3 Å². The maximum absolute atomic E-state index is 14.8. The van der Waals surface area contributed by atoms with Crippen molar-refractivity contribution in [3.8, 4) is 23.0 Å². The number of nitrogens with zero attached hydrogens (tertiary/aromatic N) is 3. The molecule has 5 heterocycles. The SMILES string of the molecule is COc1ccc2nc(C(F)(F)F)c(O)c(C(C)=O)c2c1.COc1ccc2nc(C)c3c(c2c1)CC[C@]1(C[C@H]2C(=O)N[C@]4(C(=O)NS(=O)(=O)C5(C)CC5)C[C@H]4/C=C\CCCCC[C@H](CC(=O)OC(C)(C)C)C(=O)N2C1)O3. The number of aromatic nitrogens is 2. The van der Waals surface area contributed by atoms with E-state index in [-0.39, 0.29) is 42.6 Å². The predicted molar refractivity (Wildman–Crippen MR) is 270 cm³/mol. The van der Waals surface area contributed by atoms with E-state index in [1.54, 1.807) is 34.8 Å². The first-order chi connectivity index (χ1) is 35.1. The van der Waals surface area contributed by atoms with Crippen molar-refractivity contribution < 1.29 is 69.6 Å². The van der Waals surface area contributed by atoms with Crippen molar-refractivity contribution in [1.82, 2.24) is 24.9 Å². The molecule has 21 heteroatoms. The highest BCUT2D eigenvalue weighted by Crippen LogP contribution is 2.50. The van der Waals surface area contributed by atoms with Gasteiger partial charge in [-0.1, -0.05) is 25.0 Å². The molecule has 3 aliphatic heterocycles. The van der Waals surface area contributed by atoms with E-state index in [0.717, 1.165) is 42.7 Å². The number of carbonyl (C=O) groups excluding carboxylic acids is 5. The number of nitrogens with one attached hydrogen (secondary N) is 2. The Hall–Kier alpha value is -6.51. The number of aromatic hydroxyl groups is 1. The third-order valence-corrected chi connectivity index (χ3v) is 17.1. The molecule has 17 nitrogen and oxygen atoms in total. The van der Waals surface area contributed by atoms with Gasteiger partial charge in [-0.25, -0.2) is 18.4 Å². The number of carbonyl (C=O) groups is 5. The highest BCUT2D eigenvalue weighted by Gasteiger charge is 2.64. The Morgan fingerprint density at radius 3 is 2.21 bits per heavy atom. The summed E-state index contributed by atoms with van der Waals surface area (Å²) in [6.07, 6.45) is 4.72. The van der Waals surface area contributed by atoms with Gasteiger partial charge in [-0.05, 0) is 129 Å². The molecule has 0 bridgehead atoms. The summed E-state index contributed by atoms with van der Waals surface area (Å²) in [6, 6.07) is 8.75. The van der Waals surface area contributed by atoms with Gasteiger partial charge in [0.05, 0.1) is 54.2 Å². The summed E-state index contributed by atoms with van der Waals surface area (Å²) in [4.78, 5) is 77.9. The average molecular weight is 1060 g/mol. The molecule has 5 aliphatic rings. The molecule has 0 unspecified atom stereocenters. The summed E-state index contributed by atoms with van der Waals surface area (Å²) in [5.74, 6) is -3.54. The number of hydrogen-bond acceptors (Lipinski definition) is 14. The van der Waals surface area contributed by atoms with E-state index in [1.807, 2.05) is 37.3 Å². The smallest absolute Gasteiger partial charge is 0.437 e. The van der Waals surface area contributed by atoms with Gasteiger partial charge in [-0.2, -0.15) is 13.2 Å². The van der Waals surface area contributed by atoms with Gasteiger partial charge in [-0.15, -0.1) is 0 Å². The number of ether oxygens (including phenoxy) is 4. The fourth-order valence-corrected chi connectivity index (χ4v) is 11.7. The maximum atomic E-state index is 14.8. The molecule has 3 amide bonds. The number of fused-ring (bicyclic) bond motifs is 6. The second-order valence-electron chi connectivity index (χ2n) is 21.7. The van der Waals surface area contributed by atoms with Crippen LogP contribution in [0.25, 0.3) is 21.8 Å². The summed E-state index contributed by atoms with van der Waals surface area (Å²) >= 11 is 0. The summed E-state index contributed by atoms with van der Waals surface area (Å²) < 4.78 is 89.1. The minimum atomic E-state index is -4.84. The molecule has 2 aromatic carbocycles. The van der Waals surface area contributed by atoms with Crippen LogP contribution in [-0.4, -0.2) is 106 Å². The van der Waals surface area contributed by atoms with Gasteiger partial charge in [0.25, 0.3) is 5.91 Å². The van der Waals surface area contributed by atoms with Gasteiger partial charge in [0.2, 0.25) is 21.8 Å².